The van der Waals surface area contributed by atoms with Crippen molar-refractivity contribution in [2.75, 3.05) is 7.11 Å². The van der Waals surface area contributed by atoms with Gasteiger partial charge in [-0.3, -0.25) is 4.79 Å². The van der Waals surface area contributed by atoms with Crippen LogP contribution in [0.3, 0.4) is 0 Å². The van der Waals surface area contributed by atoms with Gasteiger partial charge < -0.3 is 9.30 Å². The number of ether oxygens (including phenoxy) is 1. The zero-order chi connectivity index (χ0) is 17.5. The number of carbonyl (C=O) groups is 1. The van der Waals surface area contributed by atoms with Crippen molar-refractivity contribution in [1.82, 2.24) is 14.8 Å². The lowest BCUT2D eigenvalue weighted by atomic mass is 10.2. The number of aromatic nitrogens is 3. The van der Waals surface area contributed by atoms with Crippen LogP contribution in [0.5, 0.6) is 5.75 Å². The molecule has 6 heteroatoms. The molecule has 0 fully saturated rings. The smallest absolute Gasteiger partial charge is 0.192 e. The molecule has 0 amide bonds. The molecule has 2 aromatic rings. The van der Waals surface area contributed by atoms with Crippen LogP contribution in [0.15, 0.2) is 29.4 Å². The number of thioether (sulfide) groups is 1. The number of nitrogens with zero attached hydrogens (tertiary/aromatic N) is 3. The van der Waals surface area contributed by atoms with Crippen LogP contribution in [-0.4, -0.2) is 32.9 Å². The minimum absolute atomic E-state index is 0.108. The van der Waals surface area contributed by atoms with E-state index in [4.69, 9.17) is 4.74 Å². The average molecular weight is 347 g/mol. The van der Waals surface area contributed by atoms with Crippen molar-refractivity contribution in [1.29, 1.82) is 0 Å². The quantitative estimate of drug-likeness (QED) is 0.636. The van der Waals surface area contributed by atoms with Gasteiger partial charge in [0.15, 0.2) is 11.0 Å². The van der Waals surface area contributed by atoms with Crippen LogP contribution in [0, 0.1) is 0 Å². The molecule has 24 heavy (non-hydrogen) atoms. The van der Waals surface area contributed by atoms with Crippen LogP contribution in [0.4, 0.5) is 0 Å². The summed E-state index contributed by atoms with van der Waals surface area (Å²) in [7, 11) is 1.65. The van der Waals surface area contributed by atoms with Gasteiger partial charge in [0.1, 0.15) is 11.5 Å². The summed E-state index contributed by atoms with van der Waals surface area (Å²) in [5, 5.41) is 9.41. The number of unbranched alkanes of at least 4 members (excludes halogenated alkanes) is 1. The Hall–Kier alpha value is -1.82. The molecule has 5 nitrogen and oxygen atoms in total. The molecule has 2 rings (SSSR count). The highest BCUT2D eigenvalue weighted by atomic mass is 32.2. The molecule has 0 saturated carbocycles. The van der Waals surface area contributed by atoms with Gasteiger partial charge in [0.25, 0.3) is 0 Å². The van der Waals surface area contributed by atoms with E-state index >= 15 is 0 Å². The molecule has 1 aromatic heterocycles. The molecular formula is C18H25N3O2S. The first kappa shape index (κ1) is 18.5. The lowest BCUT2D eigenvalue weighted by Crippen LogP contribution is -2.13. The van der Waals surface area contributed by atoms with Crippen molar-refractivity contribution in [3.05, 3.63) is 24.3 Å². The fourth-order valence-corrected chi connectivity index (χ4v) is 3.37. The summed E-state index contributed by atoms with van der Waals surface area (Å²) in [6.45, 7) is 6.83. The van der Waals surface area contributed by atoms with Crippen LogP contribution in [-0.2, 0) is 11.3 Å². The Morgan fingerprint density at radius 3 is 2.54 bits per heavy atom. The lowest BCUT2D eigenvalue weighted by Gasteiger charge is -2.12. The molecule has 130 valence electrons. The third-order valence-corrected chi connectivity index (χ3v) is 5.01. The molecule has 0 spiro atoms. The van der Waals surface area contributed by atoms with Gasteiger partial charge >= 0.3 is 0 Å². The van der Waals surface area contributed by atoms with Crippen molar-refractivity contribution in [2.24, 2.45) is 0 Å². The summed E-state index contributed by atoms with van der Waals surface area (Å²) in [6.07, 6.45) is 2.68. The van der Waals surface area contributed by atoms with Crippen LogP contribution in [0.25, 0.3) is 11.4 Å². The zero-order valence-electron chi connectivity index (χ0n) is 14.8. The van der Waals surface area contributed by atoms with Crippen molar-refractivity contribution in [2.45, 2.75) is 57.0 Å². The maximum Gasteiger partial charge on any atom is 0.192 e. The number of benzene rings is 1. The average Bonchev–Trinajstić information content (AvgIpc) is 3.01. The Labute approximate surface area is 147 Å². The highest BCUT2D eigenvalue weighted by Gasteiger charge is 2.19. The van der Waals surface area contributed by atoms with E-state index in [1.165, 1.54) is 11.8 Å². The standard InChI is InChI=1S/C18H25N3O2S/c1-5-7-12-21-17(14-8-10-15(23-4)11-9-14)19-20-18(21)24-13(3)16(22)6-2/h8-11,13H,5-7,12H2,1-4H3. The monoisotopic (exact) mass is 347 g/mol. The highest BCUT2D eigenvalue weighted by molar-refractivity contribution is 8.00. The Balaban J connectivity index is 2.31. The maximum absolute atomic E-state index is 11.9. The van der Waals surface area contributed by atoms with Crippen molar-refractivity contribution in [3.63, 3.8) is 0 Å². The Bertz CT molecular complexity index is 667. The normalized spacial score (nSPS) is 12.2. The second-order valence-corrected chi connectivity index (χ2v) is 6.93. The number of carbonyl (C=O) groups excluding carboxylic acids is 1. The molecule has 1 aromatic carbocycles. The molecule has 0 saturated heterocycles. The second kappa shape index (κ2) is 8.87. The maximum atomic E-state index is 11.9. The molecule has 0 aliphatic carbocycles. The summed E-state index contributed by atoms with van der Waals surface area (Å²) in [6, 6.07) is 7.81. The van der Waals surface area contributed by atoms with Gasteiger partial charge in [-0.2, -0.15) is 0 Å². The van der Waals surface area contributed by atoms with Gasteiger partial charge in [-0.15, -0.1) is 10.2 Å². The summed E-state index contributed by atoms with van der Waals surface area (Å²) in [4.78, 5) is 11.9. The van der Waals surface area contributed by atoms with Gasteiger partial charge in [-0.05, 0) is 37.6 Å². The topological polar surface area (TPSA) is 57.0 Å². The third kappa shape index (κ3) is 4.38. The first-order valence-corrected chi connectivity index (χ1v) is 9.25. The Kier molecular flexibility index (Phi) is 6.85. The Morgan fingerprint density at radius 2 is 1.96 bits per heavy atom. The SMILES string of the molecule is CCCCn1c(SC(C)C(=O)CC)nnc1-c1ccc(OC)cc1. The molecule has 1 atom stereocenters. The molecule has 0 radical (unpaired) electrons. The highest BCUT2D eigenvalue weighted by Crippen LogP contribution is 2.28. The molecule has 1 unspecified atom stereocenters. The van der Waals surface area contributed by atoms with E-state index in [-0.39, 0.29) is 11.0 Å². The lowest BCUT2D eigenvalue weighted by molar-refractivity contribution is -0.118. The summed E-state index contributed by atoms with van der Waals surface area (Å²) < 4.78 is 7.33. The molecule has 0 aliphatic heterocycles. The van der Waals surface area contributed by atoms with Crippen LogP contribution < -0.4 is 4.74 Å². The first-order chi connectivity index (χ1) is 11.6. The fraction of sp³-hybridized carbons (Fsp3) is 0.500. The number of hydrogen-bond acceptors (Lipinski definition) is 5. The number of hydrogen-bond donors (Lipinski definition) is 0. The van der Waals surface area contributed by atoms with E-state index in [0.29, 0.717) is 6.42 Å². The first-order valence-electron chi connectivity index (χ1n) is 8.37. The predicted molar refractivity (Wildman–Crippen MR) is 97.5 cm³/mol. The Morgan fingerprint density at radius 1 is 1.25 bits per heavy atom. The number of rotatable bonds is 9. The molecule has 1 heterocycles. The van der Waals surface area contributed by atoms with E-state index < -0.39 is 0 Å². The van der Waals surface area contributed by atoms with E-state index in [2.05, 4.69) is 21.7 Å². The van der Waals surface area contributed by atoms with E-state index in [1.54, 1.807) is 7.11 Å². The largest absolute Gasteiger partial charge is 0.497 e. The number of methoxy groups -OCH3 is 1. The third-order valence-electron chi connectivity index (χ3n) is 3.88. The van der Waals surface area contributed by atoms with E-state index in [9.17, 15) is 4.79 Å². The zero-order valence-corrected chi connectivity index (χ0v) is 15.6. The summed E-state index contributed by atoms with van der Waals surface area (Å²) in [5.74, 6) is 1.89. The minimum Gasteiger partial charge on any atom is -0.497 e. The summed E-state index contributed by atoms with van der Waals surface area (Å²) in [5.41, 5.74) is 1.00. The molecular weight excluding hydrogens is 322 g/mol. The molecule has 0 aliphatic rings. The van der Waals surface area contributed by atoms with Gasteiger partial charge in [0.2, 0.25) is 0 Å². The van der Waals surface area contributed by atoms with Gasteiger partial charge in [-0.25, -0.2) is 0 Å². The predicted octanol–water partition coefficient (Wildman–Crippen LogP) is 4.21. The van der Waals surface area contributed by atoms with Crippen molar-refractivity contribution in [3.8, 4) is 17.1 Å². The van der Waals surface area contributed by atoms with Crippen LogP contribution in [0.2, 0.25) is 0 Å². The van der Waals surface area contributed by atoms with Gasteiger partial charge in [0.05, 0.1) is 12.4 Å². The van der Waals surface area contributed by atoms with Gasteiger partial charge in [0, 0.05) is 18.5 Å². The van der Waals surface area contributed by atoms with Crippen molar-refractivity contribution < 1.29 is 9.53 Å². The minimum atomic E-state index is -0.108. The molecule has 0 N–H and O–H groups in total. The van der Waals surface area contributed by atoms with Crippen LogP contribution in [0.1, 0.15) is 40.0 Å². The van der Waals surface area contributed by atoms with Gasteiger partial charge in [-0.1, -0.05) is 32.0 Å². The fourth-order valence-electron chi connectivity index (χ4n) is 2.36. The molecule has 0 bridgehead atoms. The number of Topliss-reactive ketones (excluding diaryl/α,β-unsaturated/α-hetero) is 1. The van der Waals surface area contributed by atoms with E-state index in [1.807, 2.05) is 38.1 Å². The van der Waals surface area contributed by atoms with E-state index in [0.717, 1.165) is 41.7 Å². The summed E-state index contributed by atoms with van der Waals surface area (Å²) >= 11 is 1.49. The second-order valence-electron chi connectivity index (χ2n) is 5.62. The van der Waals surface area contributed by atoms with Crippen LogP contribution >= 0.6 is 11.8 Å². The number of ketones is 1. The van der Waals surface area contributed by atoms with Crippen molar-refractivity contribution >= 4 is 17.5 Å².